The number of benzene rings is 1. The van der Waals surface area contributed by atoms with Gasteiger partial charge >= 0.3 is 6.03 Å². The van der Waals surface area contributed by atoms with Gasteiger partial charge in [-0.05, 0) is 79.5 Å². The second kappa shape index (κ2) is 8.92. The van der Waals surface area contributed by atoms with E-state index in [1.165, 1.54) is 17.5 Å². The molecule has 2 aromatic heterocycles. The fourth-order valence-electron chi connectivity index (χ4n) is 5.72. The molecule has 0 N–H and O–H groups in total. The van der Waals surface area contributed by atoms with Crippen LogP contribution in [0.15, 0.2) is 28.9 Å². The van der Waals surface area contributed by atoms with Crippen molar-refractivity contribution in [1.82, 2.24) is 24.8 Å². The standard InChI is InChI=1S/C28H37N5O2/c1-19-17-30-23(18-29-19)25-31-22-16-21-20(15-24(22)35-25)9-10-27(2,3)28(21,4)11-14-32(5)26(34)33-12-7-6-8-13-33/h15-18H,6-14H2,1-5H3/t28-/m0/s1. The summed E-state index contributed by atoms with van der Waals surface area (Å²) < 4.78 is 6.11. The number of rotatable bonds is 4. The quantitative estimate of drug-likeness (QED) is 0.480. The Balaban J connectivity index is 1.44. The molecule has 1 aliphatic carbocycles. The number of aromatic nitrogens is 3. The van der Waals surface area contributed by atoms with Crippen LogP contribution in [-0.4, -0.2) is 57.5 Å². The first kappa shape index (κ1) is 23.8. The van der Waals surface area contributed by atoms with Crippen LogP contribution in [0.25, 0.3) is 22.7 Å². The Morgan fingerprint density at radius 2 is 1.89 bits per heavy atom. The lowest BCUT2D eigenvalue weighted by atomic mass is 9.55. The summed E-state index contributed by atoms with van der Waals surface area (Å²) in [5, 5.41) is 0. The van der Waals surface area contributed by atoms with Crippen molar-refractivity contribution in [3.05, 3.63) is 41.3 Å². The van der Waals surface area contributed by atoms with Crippen LogP contribution in [-0.2, 0) is 11.8 Å². The summed E-state index contributed by atoms with van der Waals surface area (Å²) in [5.41, 5.74) is 5.80. The molecule has 0 bridgehead atoms. The minimum absolute atomic E-state index is 0.0893. The molecule has 7 nitrogen and oxygen atoms in total. The Hall–Kier alpha value is -2.96. The van der Waals surface area contributed by atoms with Gasteiger partial charge in [0.05, 0.1) is 11.9 Å². The van der Waals surface area contributed by atoms with Crippen LogP contribution in [0.1, 0.15) is 69.7 Å². The van der Waals surface area contributed by atoms with Crippen molar-refractivity contribution < 1.29 is 9.21 Å². The molecule has 1 aliphatic heterocycles. The van der Waals surface area contributed by atoms with Gasteiger partial charge in [0.25, 0.3) is 0 Å². The number of carbonyl (C=O) groups is 1. The molecule has 1 fully saturated rings. The minimum Gasteiger partial charge on any atom is -0.435 e. The molecule has 35 heavy (non-hydrogen) atoms. The van der Waals surface area contributed by atoms with Crippen LogP contribution in [0, 0.1) is 12.3 Å². The Kier molecular flexibility index (Phi) is 6.06. The predicted molar refractivity (Wildman–Crippen MR) is 137 cm³/mol. The van der Waals surface area contributed by atoms with E-state index in [-0.39, 0.29) is 16.9 Å². The summed E-state index contributed by atoms with van der Waals surface area (Å²) in [6, 6.07) is 4.55. The molecule has 3 aromatic rings. The summed E-state index contributed by atoms with van der Waals surface area (Å²) in [4.78, 5) is 30.5. The molecule has 3 heterocycles. The van der Waals surface area contributed by atoms with Crippen molar-refractivity contribution in [3.63, 3.8) is 0 Å². The van der Waals surface area contributed by atoms with E-state index in [1.54, 1.807) is 12.4 Å². The maximum absolute atomic E-state index is 13.0. The zero-order valence-electron chi connectivity index (χ0n) is 21.7. The van der Waals surface area contributed by atoms with E-state index in [4.69, 9.17) is 9.40 Å². The molecule has 2 aliphatic rings. The maximum atomic E-state index is 13.0. The smallest absolute Gasteiger partial charge is 0.319 e. The van der Waals surface area contributed by atoms with Crippen LogP contribution in [0.2, 0.25) is 0 Å². The average Bonchev–Trinajstić information content (AvgIpc) is 3.28. The van der Waals surface area contributed by atoms with Crippen molar-refractivity contribution in [2.75, 3.05) is 26.7 Å². The number of nitrogens with zero attached hydrogens (tertiary/aromatic N) is 5. The highest BCUT2D eigenvalue weighted by Crippen LogP contribution is 2.52. The summed E-state index contributed by atoms with van der Waals surface area (Å²) >= 11 is 0. The van der Waals surface area contributed by atoms with Crippen LogP contribution in [0.5, 0.6) is 0 Å². The van der Waals surface area contributed by atoms with Gasteiger partial charge in [-0.1, -0.05) is 20.8 Å². The van der Waals surface area contributed by atoms with Gasteiger partial charge in [0.1, 0.15) is 11.2 Å². The first-order valence-electron chi connectivity index (χ1n) is 12.9. The fourth-order valence-corrected chi connectivity index (χ4v) is 5.72. The zero-order valence-corrected chi connectivity index (χ0v) is 21.7. The molecule has 0 spiro atoms. The Labute approximate surface area is 207 Å². The van der Waals surface area contributed by atoms with E-state index in [0.717, 1.165) is 68.5 Å². The number of aryl methyl sites for hydroxylation is 2. The van der Waals surface area contributed by atoms with E-state index in [0.29, 0.717) is 11.6 Å². The Morgan fingerprint density at radius 1 is 1.11 bits per heavy atom. The lowest BCUT2D eigenvalue weighted by molar-refractivity contribution is 0.114. The number of piperidine rings is 1. The summed E-state index contributed by atoms with van der Waals surface area (Å²) in [5.74, 6) is 0.502. The number of urea groups is 1. The SMILES string of the molecule is Cc1cnc(-c2nc3cc4c(cc3o2)CCC(C)(C)[C@@]4(C)CCN(C)C(=O)N2CCCCC2)cn1. The van der Waals surface area contributed by atoms with Gasteiger partial charge in [-0.25, -0.2) is 14.8 Å². The van der Waals surface area contributed by atoms with Crippen molar-refractivity contribution >= 4 is 17.1 Å². The summed E-state index contributed by atoms with van der Waals surface area (Å²) in [7, 11) is 1.95. The Bertz CT molecular complexity index is 1230. The highest BCUT2D eigenvalue weighted by atomic mass is 16.3. The van der Waals surface area contributed by atoms with Gasteiger partial charge in [-0.2, -0.15) is 0 Å². The minimum atomic E-state index is -0.0893. The maximum Gasteiger partial charge on any atom is 0.319 e. The molecule has 7 heteroatoms. The number of hydrogen-bond donors (Lipinski definition) is 0. The van der Waals surface area contributed by atoms with Crippen molar-refractivity contribution in [3.8, 4) is 11.6 Å². The van der Waals surface area contributed by atoms with E-state index in [2.05, 4.69) is 42.9 Å². The Morgan fingerprint density at radius 3 is 2.60 bits per heavy atom. The van der Waals surface area contributed by atoms with E-state index in [1.807, 2.05) is 23.8 Å². The van der Waals surface area contributed by atoms with Crippen LogP contribution in [0.3, 0.4) is 0 Å². The molecule has 1 atom stereocenters. The molecule has 0 unspecified atom stereocenters. The van der Waals surface area contributed by atoms with Crippen LogP contribution in [0.4, 0.5) is 4.79 Å². The van der Waals surface area contributed by atoms with Crippen LogP contribution >= 0.6 is 0 Å². The van der Waals surface area contributed by atoms with Gasteiger partial charge in [0.2, 0.25) is 5.89 Å². The highest BCUT2D eigenvalue weighted by molar-refractivity contribution is 5.78. The van der Waals surface area contributed by atoms with Gasteiger partial charge in [0, 0.05) is 32.9 Å². The number of amides is 2. The van der Waals surface area contributed by atoms with Crippen molar-refractivity contribution in [2.24, 2.45) is 5.41 Å². The molecule has 2 amide bonds. The first-order chi connectivity index (χ1) is 16.7. The molecule has 0 saturated carbocycles. The van der Waals surface area contributed by atoms with Crippen LogP contribution < -0.4 is 0 Å². The largest absolute Gasteiger partial charge is 0.435 e. The normalized spacial score (nSPS) is 21.7. The molecule has 186 valence electrons. The monoisotopic (exact) mass is 475 g/mol. The molecular formula is C28H37N5O2. The lowest BCUT2D eigenvalue weighted by Crippen LogP contribution is -2.48. The molecule has 0 radical (unpaired) electrons. The third-order valence-electron chi connectivity index (χ3n) is 8.62. The lowest BCUT2D eigenvalue weighted by Gasteiger charge is -2.50. The third kappa shape index (κ3) is 4.30. The molecular weight excluding hydrogens is 438 g/mol. The van der Waals surface area contributed by atoms with E-state index >= 15 is 0 Å². The molecule has 5 rings (SSSR count). The number of fused-ring (bicyclic) bond motifs is 2. The zero-order chi connectivity index (χ0) is 24.8. The van der Waals surface area contributed by atoms with Crippen molar-refractivity contribution in [2.45, 2.75) is 71.6 Å². The van der Waals surface area contributed by atoms with Gasteiger partial charge < -0.3 is 14.2 Å². The summed E-state index contributed by atoms with van der Waals surface area (Å²) in [6.45, 7) is 11.5. The first-order valence-corrected chi connectivity index (χ1v) is 12.9. The van der Waals surface area contributed by atoms with E-state index < -0.39 is 0 Å². The number of oxazole rings is 1. The topological polar surface area (TPSA) is 75.4 Å². The number of carbonyl (C=O) groups excluding carboxylic acids is 1. The summed E-state index contributed by atoms with van der Waals surface area (Å²) in [6.07, 6.45) is 9.91. The van der Waals surface area contributed by atoms with Crippen molar-refractivity contribution in [1.29, 1.82) is 0 Å². The average molecular weight is 476 g/mol. The predicted octanol–water partition coefficient (Wildman–Crippen LogP) is 5.75. The molecule has 1 saturated heterocycles. The van der Waals surface area contributed by atoms with E-state index in [9.17, 15) is 4.79 Å². The number of likely N-dealkylation sites (tertiary alicyclic amines) is 1. The number of hydrogen-bond acceptors (Lipinski definition) is 5. The fraction of sp³-hybridized carbons (Fsp3) is 0.571. The van der Waals surface area contributed by atoms with Gasteiger partial charge in [0.15, 0.2) is 5.58 Å². The van der Waals surface area contributed by atoms with Gasteiger partial charge in [-0.3, -0.25) is 4.98 Å². The second-order valence-corrected chi connectivity index (χ2v) is 11.3. The van der Waals surface area contributed by atoms with Gasteiger partial charge in [-0.15, -0.1) is 0 Å². The highest BCUT2D eigenvalue weighted by Gasteiger charge is 2.46. The second-order valence-electron chi connectivity index (χ2n) is 11.3. The third-order valence-corrected chi connectivity index (χ3v) is 8.62. The molecule has 1 aromatic carbocycles.